The van der Waals surface area contributed by atoms with Gasteiger partial charge in [-0.3, -0.25) is 14.9 Å². The van der Waals surface area contributed by atoms with Crippen LogP contribution in [-0.2, 0) is 11.2 Å². The molecule has 0 unspecified atom stereocenters. The van der Waals surface area contributed by atoms with E-state index in [0.29, 0.717) is 18.4 Å². The molecule has 1 heterocycles. The summed E-state index contributed by atoms with van der Waals surface area (Å²) < 4.78 is 0. The summed E-state index contributed by atoms with van der Waals surface area (Å²) in [5.74, 6) is -0.463. The Kier molecular flexibility index (Phi) is 2.08. The van der Waals surface area contributed by atoms with E-state index in [0.717, 1.165) is 11.1 Å². The minimum atomic E-state index is -0.272. The van der Waals surface area contributed by atoms with E-state index in [1.165, 1.54) is 0 Å². The Hall–Kier alpha value is -1.64. The molecule has 3 heteroatoms. The monoisotopic (exact) mass is 189 g/mol. The van der Waals surface area contributed by atoms with Crippen LogP contribution < -0.4 is 5.32 Å². The van der Waals surface area contributed by atoms with Gasteiger partial charge in [-0.2, -0.15) is 0 Å². The van der Waals surface area contributed by atoms with Gasteiger partial charge in [0, 0.05) is 12.0 Å². The van der Waals surface area contributed by atoms with Crippen LogP contribution in [-0.4, -0.2) is 11.8 Å². The normalized spacial score (nSPS) is 15.8. The van der Waals surface area contributed by atoms with Gasteiger partial charge in [-0.1, -0.05) is 17.7 Å². The third-order valence-electron chi connectivity index (χ3n) is 2.38. The lowest BCUT2D eigenvalue weighted by Gasteiger charge is -2.03. The average molecular weight is 189 g/mol. The van der Waals surface area contributed by atoms with Crippen LogP contribution in [0.15, 0.2) is 18.2 Å². The Bertz CT molecular complexity index is 410. The molecule has 1 aromatic rings. The summed E-state index contributed by atoms with van der Waals surface area (Å²) in [5, 5.41) is 2.35. The maximum atomic E-state index is 11.5. The zero-order chi connectivity index (χ0) is 10.1. The van der Waals surface area contributed by atoms with Gasteiger partial charge in [0.25, 0.3) is 5.91 Å². The van der Waals surface area contributed by atoms with Crippen molar-refractivity contribution in [3.8, 4) is 0 Å². The molecule has 0 aromatic heterocycles. The lowest BCUT2D eigenvalue weighted by Crippen LogP contribution is -2.28. The maximum absolute atomic E-state index is 11.5. The molecule has 1 aliphatic heterocycles. The van der Waals surface area contributed by atoms with Crippen LogP contribution in [0, 0.1) is 6.92 Å². The van der Waals surface area contributed by atoms with Crippen molar-refractivity contribution in [3.05, 3.63) is 34.9 Å². The molecule has 2 rings (SSSR count). The highest BCUT2D eigenvalue weighted by Gasteiger charge is 2.18. The number of hydrogen-bond donors (Lipinski definition) is 1. The number of hydrogen-bond acceptors (Lipinski definition) is 2. The standard InChI is InChI=1S/C11H11NO2/c1-7-2-3-8-4-5-10(13)12-11(14)9(8)6-7/h2-3,6H,4-5H2,1H3,(H,12,13,14). The van der Waals surface area contributed by atoms with E-state index in [-0.39, 0.29) is 11.8 Å². The number of amides is 2. The molecule has 14 heavy (non-hydrogen) atoms. The van der Waals surface area contributed by atoms with Crippen molar-refractivity contribution < 1.29 is 9.59 Å². The molecule has 3 nitrogen and oxygen atoms in total. The Morgan fingerprint density at radius 3 is 2.79 bits per heavy atom. The number of imide groups is 1. The molecule has 72 valence electrons. The van der Waals surface area contributed by atoms with Crippen LogP contribution in [0.25, 0.3) is 0 Å². The molecular weight excluding hydrogens is 178 g/mol. The second-order valence-electron chi connectivity index (χ2n) is 3.54. The molecular formula is C11H11NO2. The van der Waals surface area contributed by atoms with Crippen LogP contribution in [0.5, 0.6) is 0 Å². The molecule has 0 saturated carbocycles. The molecule has 0 radical (unpaired) electrons. The van der Waals surface area contributed by atoms with Crippen LogP contribution in [0.3, 0.4) is 0 Å². The number of nitrogens with one attached hydrogen (secondary N) is 1. The van der Waals surface area contributed by atoms with E-state index >= 15 is 0 Å². The summed E-state index contributed by atoms with van der Waals surface area (Å²) in [5.41, 5.74) is 2.63. The molecule has 0 fully saturated rings. The van der Waals surface area contributed by atoms with Gasteiger partial charge < -0.3 is 0 Å². The fourth-order valence-corrected chi connectivity index (χ4v) is 1.62. The smallest absolute Gasteiger partial charge is 0.258 e. The molecule has 0 saturated heterocycles. The van der Waals surface area contributed by atoms with Crippen molar-refractivity contribution in [1.82, 2.24) is 5.32 Å². The first-order chi connectivity index (χ1) is 6.66. The minimum Gasteiger partial charge on any atom is -0.292 e. The number of carbonyl (C=O) groups is 2. The van der Waals surface area contributed by atoms with Gasteiger partial charge in [-0.25, -0.2) is 0 Å². The third-order valence-corrected chi connectivity index (χ3v) is 2.38. The van der Waals surface area contributed by atoms with Crippen molar-refractivity contribution in [1.29, 1.82) is 0 Å². The summed E-state index contributed by atoms with van der Waals surface area (Å²) in [7, 11) is 0. The van der Waals surface area contributed by atoms with E-state index in [1.54, 1.807) is 0 Å². The number of fused-ring (bicyclic) bond motifs is 1. The van der Waals surface area contributed by atoms with Crippen molar-refractivity contribution in [2.24, 2.45) is 0 Å². The van der Waals surface area contributed by atoms with Crippen LogP contribution in [0.2, 0.25) is 0 Å². The van der Waals surface area contributed by atoms with Crippen molar-refractivity contribution in [2.75, 3.05) is 0 Å². The quantitative estimate of drug-likeness (QED) is 0.623. The fraction of sp³-hybridized carbons (Fsp3) is 0.273. The van der Waals surface area contributed by atoms with E-state index in [4.69, 9.17) is 0 Å². The molecule has 2 amide bonds. The lowest BCUT2D eigenvalue weighted by atomic mass is 10.0. The Morgan fingerprint density at radius 2 is 2.00 bits per heavy atom. The van der Waals surface area contributed by atoms with Gasteiger partial charge in [0.05, 0.1) is 0 Å². The Labute approximate surface area is 82.1 Å². The van der Waals surface area contributed by atoms with E-state index in [1.807, 2.05) is 25.1 Å². The van der Waals surface area contributed by atoms with Gasteiger partial charge in [0.2, 0.25) is 5.91 Å². The van der Waals surface area contributed by atoms with Crippen molar-refractivity contribution >= 4 is 11.8 Å². The SMILES string of the molecule is Cc1ccc2c(c1)C(=O)NC(=O)CC2. The second-order valence-corrected chi connectivity index (χ2v) is 3.54. The van der Waals surface area contributed by atoms with Gasteiger partial charge in [0.15, 0.2) is 0 Å². The highest BCUT2D eigenvalue weighted by Crippen LogP contribution is 2.16. The molecule has 0 aliphatic carbocycles. The summed E-state index contributed by atoms with van der Waals surface area (Å²) >= 11 is 0. The predicted molar refractivity (Wildman–Crippen MR) is 52.0 cm³/mol. The van der Waals surface area contributed by atoms with Gasteiger partial charge in [-0.15, -0.1) is 0 Å². The van der Waals surface area contributed by atoms with E-state index < -0.39 is 0 Å². The Balaban J connectivity index is 2.49. The minimum absolute atomic E-state index is 0.191. The highest BCUT2D eigenvalue weighted by molar-refractivity contribution is 6.06. The molecule has 1 aliphatic rings. The third kappa shape index (κ3) is 1.53. The second kappa shape index (κ2) is 3.25. The first kappa shape index (κ1) is 8.94. The predicted octanol–water partition coefficient (Wildman–Crippen LogP) is 1.20. The van der Waals surface area contributed by atoms with Crippen LogP contribution >= 0.6 is 0 Å². The molecule has 1 N–H and O–H groups in total. The largest absolute Gasteiger partial charge is 0.292 e. The van der Waals surface area contributed by atoms with Gasteiger partial charge in [-0.05, 0) is 25.0 Å². The number of rotatable bonds is 0. The number of benzene rings is 1. The zero-order valence-corrected chi connectivity index (χ0v) is 7.96. The molecule has 1 aromatic carbocycles. The van der Waals surface area contributed by atoms with E-state index in [9.17, 15) is 9.59 Å². The van der Waals surface area contributed by atoms with Gasteiger partial charge in [0.1, 0.15) is 0 Å². The first-order valence-electron chi connectivity index (χ1n) is 4.60. The molecule has 0 bridgehead atoms. The zero-order valence-electron chi connectivity index (χ0n) is 7.96. The van der Waals surface area contributed by atoms with E-state index in [2.05, 4.69) is 5.32 Å². The molecule has 0 atom stereocenters. The first-order valence-corrected chi connectivity index (χ1v) is 4.60. The van der Waals surface area contributed by atoms with Crippen LogP contribution in [0.4, 0.5) is 0 Å². The van der Waals surface area contributed by atoms with Crippen molar-refractivity contribution in [2.45, 2.75) is 19.8 Å². The molecule has 0 spiro atoms. The topological polar surface area (TPSA) is 46.2 Å². The lowest BCUT2D eigenvalue weighted by molar-refractivity contribution is -0.119. The van der Waals surface area contributed by atoms with Crippen molar-refractivity contribution in [3.63, 3.8) is 0 Å². The average Bonchev–Trinajstić information content (AvgIpc) is 2.27. The van der Waals surface area contributed by atoms with Gasteiger partial charge >= 0.3 is 0 Å². The fourth-order valence-electron chi connectivity index (χ4n) is 1.62. The summed E-state index contributed by atoms with van der Waals surface area (Å²) in [4.78, 5) is 22.7. The summed E-state index contributed by atoms with van der Waals surface area (Å²) in [6.07, 6.45) is 1.04. The number of aryl methyl sites for hydroxylation is 2. The summed E-state index contributed by atoms with van der Waals surface area (Å²) in [6, 6.07) is 5.70. The number of carbonyl (C=O) groups excluding carboxylic acids is 2. The summed E-state index contributed by atoms with van der Waals surface area (Å²) in [6.45, 7) is 1.93. The van der Waals surface area contributed by atoms with Crippen LogP contribution in [0.1, 0.15) is 27.9 Å². The highest BCUT2D eigenvalue weighted by atomic mass is 16.2. The Morgan fingerprint density at radius 1 is 1.21 bits per heavy atom. The maximum Gasteiger partial charge on any atom is 0.258 e.